The second kappa shape index (κ2) is 8.75. The summed E-state index contributed by atoms with van der Waals surface area (Å²) in [7, 11) is 0. The number of nitrogens with zero attached hydrogens (tertiary/aromatic N) is 6. The number of fused-ring (bicyclic) bond motifs is 3. The van der Waals surface area contributed by atoms with Crippen LogP contribution in [0.4, 0.5) is 5.82 Å². The summed E-state index contributed by atoms with van der Waals surface area (Å²) in [5.41, 5.74) is 2.16. The Balaban J connectivity index is 1.11. The zero-order chi connectivity index (χ0) is 20.2. The number of hydrogen-bond donors (Lipinski definition) is 1. The van der Waals surface area contributed by atoms with Gasteiger partial charge in [0.15, 0.2) is 5.82 Å². The van der Waals surface area contributed by atoms with E-state index in [0.29, 0.717) is 5.65 Å². The first-order valence-electron chi connectivity index (χ1n) is 10.8. The maximum Gasteiger partial charge on any atom is 0.207 e. The van der Waals surface area contributed by atoms with Gasteiger partial charge in [-0.25, -0.2) is 0 Å². The van der Waals surface area contributed by atoms with E-state index < -0.39 is 0 Å². The number of hydrogen-bond acceptors (Lipinski definition) is 6. The van der Waals surface area contributed by atoms with Crippen LogP contribution in [0.15, 0.2) is 54.6 Å². The molecule has 0 aliphatic carbocycles. The van der Waals surface area contributed by atoms with Gasteiger partial charge in [0.25, 0.3) is 0 Å². The lowest BCUT2D eigenvalue weighted by Gasteiger charge is -2.32. The fourth-order valence-electron chi connectivity index (χ4n) is 4.45. The standard InChI is InChI=1S/C23H27N7/c1-2-7-18(8-3-1)17-19-11-15-29(16-12-19)14-6-13-24-22-20-9-4-5-10-21(20)23-25-27-28-30(23)26-22/h1-5,7-10,19H,6,11-17H2,(H,24,26). The lowest BCUT2D eigenvalue weighted by Crippen LogP contribution is -2.35. The molecule has 4 aromatic rings. The predicted molar refractivity (Wildman–Crippen MR) is 118 cm³/mol. The predicted octanol–water partition coefficient (Wildman–Crippen LogP) is 3.43. The van der Waals surface area contributed by atoms with E-state index in [2.05, 4.69) is 67.2 Å². The highest BCUT2D eigenvalue weighted by atomic mass is 15.6. The molecule has 7 nitrogen and oxygen atoms in total. The molecule has 0 radical (unpaired) electrons. The van der Waals surface area contributed by atoms with Crippen molar-refractivity contribution in [3.8, 4) is 0 Å². The number of tetrazole rings is 1. The largest absolute Gasteiger partial charge is 0.368 e. The topological polar surface area (TPSA) is 71.2 Å². The minimum Gasteiger partial charge on any atom is -0.368 e. The highest BCUT2D eigenvalue weighted by Gasteiger charge is 2.19. The van der Waals surface area contributed by atoms with Crippen LogP contribution in [-0.2, 0) is 6.42 Å². The van der Waals surface area contributed by atoms with Crippen molar-refractivity contribution < 1.29 is 0 Å². The third-order valence-corrected chi connectivity index (χ3v) is 6.09. The average molecular weight is 402 g/mol. The van der Waals surface area contributed by atoms with Gasteiger partial charge in [0.1, 0.15) is 0 Å². The van der Waals surface area contributed by atoms with Gasteiger partial charge in [0.2, 0.25) is 5.65 Å². The Bertz CT molecular complexity index is 1100. The van der Waals surface area contributed by atoms with Crippen LogP contribution in [0.2, 0.25) is 0 Å². The molecule has 0 bridgehead atoms. The molecule has 5 rings (SSSR count). The van der Waals surface area contributed by atoms with Gasteiger partial charge in [0.05, 0.1) is 0 Å². The third-order valence-electron chi connectivity index (χ3n) is 6.09. The van der Waals surface area contributed by atoms with Crippen LogP contribution in [-0.4, -0.2) is 56.3 Å². The van der Waals surface area contributed by atoms with E-state index >= 15 is 0 Å². The summed E-state index contributed by atoms with van der Waals surface area (Å²) in [5.74, 6) is 1.66. The lowest BCUT2D eigenvalue weighted by atomic mass is 9.90. The summed E-state index contributed by atoms with van der Waals surface area (Å²) in [4.78, 5) is 2.60. The van der Waals surface area contributed by atoms with Gasteiger partial charge >= 0.3 is 0 Å². The molecule has 0 unspecified atom stereocenters. The molecule has 2 aromatic heterocycles. The summed E-state index contributed by atoms with van der Waals surface area (Å²) in [6.07, 6.45) is 4.90. The first kappa shape index (κ1) is 18.9. The molecule has 0 saturated carbocycles. The number of nitrogens with one attached hydrogen (secondary N) is 1. The molecule has 0 spiro atoms. The Labute approximate surface area is 176 Å². The fraction of sp³-hybridized carbons (Fsp3) is 0.391. The van der Waals surface area contributed by atoms with E-state index in [1.807, 2.05) is 18.2 Å². The van der Waals surface area contributed by atoms with E-state index in [4.69, 9.17) is 0 Å². The summed E-state index contributed by atoms with van der Waals surface area (Å²) in [6.45, 7) is 4.41. The third kappa shape index (κ3) is 4.11. The van der Waals surface area contributed by atoms with Gasteiger partial charge in [-0.15, -0.1) is 14.8 Å². The molecule has 0 atom stereocenters. The highest BCUT2D eigenvalue weighted by molar-refractivity contribution is 5.99. The molecule has 1 saturated heterocycles. The molecule has 2 aromatic carbocycles. The van der Waals surface area contributed by atoms with E-state index in [1.54, 1.807) is 0 Å². The van der Waals surface area contributed by atoms with Gasteiger partial charge in [-0.3, -0.25) is 0 Å². The Kier molecular flexibility index (Phi) is 5.52. The number of rotatable bonds is 7. The van der Waals surface area contributed by atoms with Gasteiger partial charge < -0.3 is 10.2 Å². The summed E-state index contributed by atoms with van der Waals surface area (Å²) in [5, 5.41) is 21.9. The fourth-order valence-corrected chi connectivity index (χ4v) is 4.45. The van der Waals surface area contributed by atoms with E-state index in [9.17, 15) is 0 Å². The number of aromatic nitrogens is 5. The van der Waals surface area contributed by atoms with Crippen LogP contribution in [0.3, 0.4) is 0 Å². The molecule has 3 heterocycles. The van der Waals surface area contributed by atoms with Crippen molar-refractivity contribution in [2.75, 3.05) is 31.5 Å². The molecule has 1 fully saturated rings. The second-order valence-electron chi connectivity index (χ2n) is 8.14. The average Bonchev–Trinajstić information content (AvgIpc) is 3.27. The number of benzene rings is 2. The van der Waals surface area contributed by atoms with Crippen LogP contribution in [0.5, 0.6) is 0 Å². The van der Waals surface area contributed by atoms with Crippen LogP contribution in [0.25, 0.3) is 16.4 Å². The Morgan fingerprint density at radius 1 is 0.933 bits per heavy atom. The normalized spacial score (nSPS) is 15.7. The van der Waals surface area contributed by atoms with Crippen LogP contribution in [0, 0.1) is 5.92 Å². The first-order chi connectivity index (χ1) is 14.9. The minimum atomic E-state index is 0.689. The van der Waals surface area contributed by atoms with Gasteiger partial charge in [-0.05, 0) is 67.2 Å². The summed E-state index contributed by atoms with van der Waals surface area (Å²) in [6, 6.07) is 19.0. The molecular formula is C23H27N7. The Hall–Kier alpha value is -3.06. The number of piperidine rings is 1. The molecule has 1 aliphatic rings. The lowest BCUT2D eigenvalue weighted by molar-refractivity contribution is 0.183. The first-order valence-corrected chi connectivity index (χ1v) is 10.8. The van der Waals surface area contributed by atoms with Crippen molar-refractivity contribution >= 4 is 22.2 Å². The van der Waals surface area contributed by atoms with Crippen LogP contribution in [0.1, 0.15) is 24.8 Å². The Morgan fingerprint density at radius 2 is 1.70 bits per heavy atom. The van der Waals surface area contributed by atoms with Crippen LogP contribution >= 0.6 is 0 Å². The zero-order valence-electron chi connectivity index (χ0n) is 17.1. The molecule has 7 heteroatoms. The molecule has 154 valence electrons. The maximum absolute atomic E-state index is 4.55. The maximum atomic E-state index is 4.55. The van der Waals surface area contributed by atoms with Crippen molar-refractivity contribution in [1.29, 1.82) is 0 Å². The molecule has 30 heavy (non-hydrogen) atoms. The van der Waals surface area contributed by atoms with Crippen molar-refractivity contribution in [1.82, 2.24) is 30.2 Å². The monoisotopic (exact) mass is 401 g/mol. The Morgan fingerprint density at radius 3 is 2.53 bits per heavy atom. The van der Waals surface area contributed by atoms with Crippen molar-refractivity contribution in [3.63, 3.8) is 0 Å². The molecular weight excluding hydrogens is 374 g/mol. The van der Waals surface area contributed by atoms with Crippen molar-refractivity contribution in [3.05, 3.63) is 60.2 Å². The minimum absolute atomic E-state index is 0.689. The molecule has 0 amide bonds. The second-order valence-corrected chi connectivity index (χ2v) is 8.14. The SMILES string of the molecule is c1ccc(CC2CCN(CCCNc3nn4nnnc4c4ccccc34)CC2)cc1. The van der Waals surface area contributed by atoms with Crippen molar-refractivity contribution in [2.24, 2.45) is 5.92 Å². The van der Waals surface area contributed by atoms with E-state index in [1.165, 1.54) is 42.5 Å². The van der Waals surface area contributed by atoms with Gasteiger partial charge in [-0.2, -0.15) is 0 Å². The summed E-state index contributed by atoms with van der Waals surface area (Å²) < 4.78 is 1.50. The summed E-state index contributed by atoms with van der Waals surface area (Å²) >= 11 is 0. The number of anilines is 1. The van der Waals surface area contributed by atoms with Gasteiger partial charge in [-0.1, -0.05) is 54.6 Å². The van der Waals surface area contributed by atoms with Gasteiger partial charge in [0, 0.05) is 17.3 Å². The molecule has 1 N–H and O–H groups in total. The van der Waals surface area contributed by atoms with E-state index in [0.717, 1.165) is 42.0 Å². The van der Waals surface area contributed by atoms with Crippen LogP contribution < -0.4 is 5.32 Å². The van der Waals surface area contributed by atoms with E-state index in [-0.39, 0.29) is 0 Å². The van der Waals surface area contributed by atoms with Crippen molar-refractivity contribution in [2.45, 2.75) is 25.7 Å². The molecule has 1 aliphatic heterocycles. The highest BCUT2D eigenvalue weighted by Crippen LogP contribution is 2.24. The quantitative estimate of drug-likeness (QED) is 0.479. The smallest absolute Gasteiger partial charge is 0.207 e. The zero-order valence-corrected chi connectivity index (χ0v) is 17.1. The number of likely N-dealkylation sites (tertiary alicyclic amines) is 1.